The zero-order valence-electron chi connectivity index (χ0n) is 8.64. The Morgan fingerprint density at radius 1 is 1.38 bits per heavy atom. The van der Waals surface area contributed by atoms with Crippen LogP contribution in [0.3, 0.4) is 0 Å². The summed E-state index contributed by atoms with van der Waals surface area (Å²) in [5.41, 5.74) is 0. The summed E-state index contributed by atoms with van der Waals surface area (Å²) in [6.07, 6.45) is 1.59. The van der Waals surface area contributed by atoms with E-state index in [4.69, 9.17) is 13.9 Å². The second-order valence-electron chi connectivity index (χ2n) is 3.03. The van der Waals surface area contributed by atoms with Crippen molar-refractivity contribution < 1.29 is 13.9 Å². The number of methoxy groups -OCH3 is 1. The number of ether oxygens (including phenoxy) is 2. The van der Waals surface area contributed by atoms with Crippen molar-refractivity contribution in [3.8, 4) is 11.5 Å². The van der Waals surface area contributed by atoms with Crippen molar-refractivity contribution in [2.45, 2.75) is 6.61 Å². The summed E-state index contributed by atoms with van der Waals surface area (Å²) in [4.78, 5) is 4.00. The van der Waals surface area contributed by atoms with Crippen LogP contribution in [0.4, 0.5) is 0 Å². The molecule has 16 heavy (non-hydrogen) atoms. The first-order valence-electron chi connectivity index (χ1n) is 4.65. The van der Waals surface area contributed by atoms with Crippen molar-refractivity contribution in [3.63, 3.8) is 0 Å². The van der Waals surface area contributed by atoms with Crippen LogP contribution in [0.5, 0.6) is 11.5 Å². The molecule has 0 N–H and O–H groups in total. The van der Waals surface area contributed by atoms with Crippen LogP contribution >= 0.6 is 15.9 Å². The molecular formula is C11H10BrNO3. The number of benzene rings is 1. The lowest BCUT2D eigenvalue weighted by molar-refractivity contribution is 0.259. The van der Waals surface area contributed by atoms with Gasteiger partial charge in [-0.25, -0.2) is 4.98 Å². The molecule has 84 valence electrons. The van der Waals surface area contributed by atoms with Gasteiger partial charge in [0.15, 0.2) is 11.3 Å². The van der Waals surface area contributed by atoms with Crippen LogP contribution in [-0.2, 0) is 6.61 Å². The summed E-state index contributed by atoms with van der Waals surface area (Å²) in [5.74, 6) is 1.99. The molecular weight excluding hydrogens is 274 g/mol. The molecule has 2 rings (SSSR count). The monoisotopic (exact) mass is 283 g/mol. The van der Waals surface area contributed by atoms with Gasteiger partial charge in [-0.3, -0.25) is 0 Å². The standard InChI is InChI=1S/C11H10BrNO3/c1-14-8-3-2-4-9(5-8)15-7-11-13-6-10(12)16-11/h2-6H,7H2,1H3. The molecule has 0 amide bonds. The van der Waals surface area contributed by atoms with Gasteiger partial charge in [0.25, 0.3) is 0 Å². The lowest BCUT2D eigenvalue weighted by Gasteiger charge is -2.05. The summed E-state index contributed by atoms with van der Waals surface area (Å²) in [6.45, 7) is 0.290. The number of rotatable bonds is 4. The molecule has 2 aromatic rings. The van der Waals surface area contributed by atoms with Gasteiger partial charge in [0.05, 0.1) is 13.3 Å². The van der Waals surface area contributed by atoms with Crippen molar-refractivity contribution in [2.24, 2.45) is 0 Å². The van der Waals surface area contributed by atoms with E-state index in [-0.39, 0.29) is 0 Å². The van der Waals surface area contributed by atoms with Crippen LogP contribution in [0.1, 0.15) is 5.89 Å². The van der Waals surface area contributed by atoms with Gasteiger partial charge in [0, 0.05) is 6.07 Å². The zero-order chi connectivity index (χ0) is 11.4. The maximum absolute atomic E-state index is 5.49. The lowest BCUT2D eigenvalue weighted by atomic mass is 10.3. The second kappa shape index (κ2) is 5.03. The Morgan fingerprint density at radius 3 is 2.88 bits per heavy atom. The molecule has 0 unspecified atom stereocenters. The van der Waals surface area contributed by atoms with E-state index >= 15 is 0 Å². The molecule has 1 aromatic carbocycles. The maximum atomic E-state index is 5.49. The minimum atomic E-state index is 0.290. The van der Waals surface area contributed by atoms with Crippen LogP contribution < -0.4 is 9.47 Å². The van der Waals surface area contributed by atoms with E-state index in [0.717, 1.165) is 5.75 Å². The first-order chi connectivity index (χ1) is 7.78. The molecule has 0 saturated heterocycles. The maximum Gasteiger partial charge on any atom is 0.233 e. The third kappa shape index (κ3) is 2.76. The minimum absolute atomic E-state index is 0.290. The molecule has 0 bridgehead atoms. The molecule has 0 aliphatic rings. The van der Waals surface area contributed by atoms with Crippen LogP contribution in [0.25, 0.3) is 0 Å². The molecule has 0 aliphatic carbocycles. The summed E-state index contributed by atoms with van der Waals surface area (Å²) in [7, 11) is 1.62. The number of hydrogen-bond donors (Lipinski definition) is 0. The summed E-state index contributed by atoms with van der Waals surface area (Å²) in [6, 6.07) is 7.37. The van der Waals surface area contributed by atoms with Crippen molar-refractivity contribution in [1.82, 2.24) is 4.98 Å². The first kappa shape index (κ1) is 11.0. The Hall–Kier alpha value is -1.49. The van der Waals surface area contributed by atoms with Gasteiger partial charge in [-0.2, -0.15) is 0 Å². The smallest absolute Gasteiger partial charge is 0.233 e. The SMILES string of the molecule is COc1cccc(OCc2ncc(Br)o2)c1. The molecule has 1 aromatic heterocycles. The Labute approximate surface area is 101 Å². The van der Waals surface area contributed by atoms with Crippen molar-refractivity contribution in [1.29, 1.82) is 0 Å². The van der Waals surface area contributed by atoms with E-state index in [2.05, 4.69) is 20.9 Å². The lowest BCUT2D eigenvalue weighted by Crippen LogP contribution is -1.95. The molecule has 0 aliphatic heterocycles. The van der Waals surface area contributed by atoms with Crippen LogP contribution in [0.2, 0.25) is 0 Å². The van der Waals surface area contributed by atoms with Crippen molar-refractivity contribution in [2.75, 3.05) is 7.11 Å². The molecule has 0 spiro atoms. The zero-order valence-corrected chi connectivity index (χ0v) is 10.2. The first-order valence-corrected chi connectivity index (χ1v) is 5.44. The summed E-state index contributed by atoms with van der Waals surface area (Å²) >= 11 is 3.18. The van der Waals surface area contributed by atoms with Gasteiger partial charge in [-0.15, -0.1) is 0 Å². The van der Waals surface area contributed by atoms with Gasteiger partial charge in [-0.05, 0) is 28.1 Å². The average molecular weight is 284 g/mol. The van der Waals surface area contributed by atoms with E-state index in [9.17, 15) is 0 Å². The van der Waals surface area contributed by atoms with E-state index in [0.29, 0.717) is 22.9 Å². The number of hydrogen-bond acceptors (Lipinski definition) is 4. The normalized spacial score (nSPS) is 10.1. The molecule has 0 saturated carbocycles. The molecule has 0 fully saturated rings. The minimum Gasteiger partial charge on any atom is -0.497 e. The molecule has 4 nitrogen and oxygen atoms in total. The number of nitrogens with zero attached hydrogens (tertiary/aromatic N) is 1. The highest BCUT2D eigenvalue weighted by molar-refractivity contribution is 9.10. The van der Waals surface area contributed by atoms with E-state index < -0.39 is 0 Å². The highest BCUT2D eigenvalue weighted by Crippen LogP contribution is 2.20. The van der Waals surface area contributed by atoms with Gasteiger partial charge in [0.1, 0.15) is 11.5 Å². The third-order valence-corrected chi connectivity index (χ3v) is 2.30. The van der Waals surface area contributed by atoms with Gasteiger partial charge in [0.2, 0.25) is 5.89 Å². The fraction of sp³-hybridized carbons (Fsp3) is 0.182. The number of oxazole rings is 1. The Bertz CT molecular complexity index is 470. The molecule has 5 heteroatoms. The highest BCUT2D eigenvalue weighted by Gasteiger charge is 2.03. The predicted molar refractivity (Wildman–Crippen MR) is 61.5 cm³/mol. The van der Waals surface area contributed by atoms with Crippen LogP contribution in [0, 0.1) is 0 Å². The van der Waals surface area contributed by atoms with E-state index in [1.165, 1.54) is 0 Å². The average Bonchev–Trinajstić information content (AvgIpc) is 2.73. The van der Waals surface area contributed by atoms with Gasteiger partial charge in [-0.1, -0.05) is 6.07 Å². The number of halogens is 1. The largest absolute Gasteiger partial charge is 0.497 e. The molecule has 0 radical (unpaired) electrons. The quantitative estimate of drug-likeness (QED) is 0.865. The third-order valence-electron chi connectivity index (χ3n) is 1.93. The molecule has 0 atom stereocenters. The Morgan fingerprint density at radius 2 is 2.19 bits per heavy atom. The van der Waals surface area contributed by atoms with Crippen LogP contribution in [0.15, 0.2) is 39.5 Å². The summed E-state index contributed by atoms with van der Waals surface area (Å²) < 4.78 is 16.4. The second-order valence-corrected chi connectivity index (χ2v) is 3.81. The van der Waals surface area contributed by atoms with Gasteiger partial charge >= 0.3 is 0 Å². The van der Waals surface area contributed by atoms with Crippen molar-refractivity contribution >= 4 is 15.9 Å². The summed E-state index contributed by atoms with van der Waals surface area (Å²) in [5, 5.41) is 0. The van der Waals surface area contributed by atoms with E-state index in [1.54, 1.807) is 19.4 Å². The predicted octanol–water partition coefficient (Wildman–Crippen LogP) is 3.02. The van der Waals surface area contributed by atoms with Crippen molar-refractivity contribution in [3.05, 3.63) is 41.0 Å². The fourth-order valence-corrected chi connectivity index (χ4v) is 1.48. The number of aromatic nitrogens is 1. The topological polar surface area (TPSA) is 44.5 Å². The van der Waals surface area contributed by atoms with E-state index in [1.807, 2.05) is 18.2 Å². The Balaban J connectivity index is 1.99. The highest BCUT2D eigenvalue weighted by atomic mass is 79.9. The fourth-order valence-electron chi connectivity index (χ4n) is 1.19. The Kier molecular flexibility index (Phi) is 3.46. The molecule has 1 heterocycles. The van der Waals surface area contributed by atoms with Gasteiger partial charge < -0.3 is 13.9 Å². The van der Waals surface area contributed by atoms with Crippen LogP contribution in [-0.4, -0.2) is 12.1 Å².